The minimum absolute atomic E-state index is 0.0155. The number of amides is 1. The quantitative estimate of drug-likeness (QED) is 0.700. The lowest BCUT2D eigenvalue weighted by atomic mass is 10.1. The highest BCUT2D eigenvalue weighted by Crippen LogP contribution is 2.30. The minimum atomic E-state index is 0.0155. The summed E-state index contributed by atoms with van der Waals surface area (Å²) in [6.07, 6.45) is 3.19. The molecule has 6 nitrogen and oxygen atoms in total. The summed E-state index contributed by atoms with van der Waals surface area (Å²) in [5, 5.41) is 7.74. The van der Waals surface area contributed by atoms with Gasteiger partial charge in [0.05, 0.1) is 12.1 Å². The van der Waals surface area contributed by atoms with E-state index in [4.69, 9.17) is 0 Å². The summed E-state index contributed by atoms with van der Waals surface area (Å²) in [6, 6.07) is 8.28. The monoisotopic (exact) mass is 423 g/mol. The van der Waals surface area contributed by atoms with Crippen molar-refractivity contribution in [1.29, 1.82) is 0 Å². The Kier molecular flexibility index (Phi) is 6.65. The van der Waals surface area contributed by atoms with Crippen molar-refractivity contribution in [3.05, 3.63) is 41.2 Å². The summed E-state index contributed by atoms with van der Waals surface area (Å²) in [5.74, 6) is 1.49. The highest BCUT2D eigenvalue weighted by molar-refractivity contribution is 5.93. The highest BCUT2D eigenvalue weighted by Gasteiger charge is 2.26. The molecule has 4 rings (SSSR count). The van der Waals surface area contributed by atoms with Gasteiger partial charge < -0.3 is 10.2 Å². The van der Waals surface area contributed by atoms with Gasteiger partial charge in [0.25, 0.3) is 0 Å². The van der Waals surface area contributed by atoms with Crippen molar-refractivity contribution in [3.8, 4) is 0 Å². The average molecular weight is 424 g/mol. The second-order valence-electron chi connectivity index (χ2n) is 9.73. The number of carbonyl (C=O) groups excluding carboxylic acids is 1. The molecule has 2 heterocycles. The third-order valence-corrected chi connectivity index (χ3v) is 6.49. The van der Waals surface area contributed by atoms with Gasteiger partial charge in [-0.2, -0.15) is 5.10 Å². The van der Waals surface area contributed by atoms with Crippen molar-refractivity contribution in [2.75, 3.05) is 42.9 Å². The number of nitrogens with one attached hydrogen (secondary N) is 1. The summed E-state index contributed by atoms with van der Waals surface area (Å²) >= 11 is 0. The predicted molar refractivity (Wildman–Crippen MR) is 127 cm³/mol. The van der Waals surface area contributed by atoms with Gasteiger partial charge in [0.2, 0.25) is 5.91 Å². The Labute approximate surface area is 186 Å². The molecule has 1 saturated carbocycles. The van der Waals surface area contributed by atoms with Crippen molar-refractivity contribution >= 4 is 17.3 Å². The smallest absolute Gasteiger partial charge is 0.228 e. The fourth-order valence-electron chi connectivity index (χ4n) is 4.51. The molecule has 168 valence electrons. The van der Waals surface area contributed by atoms with Gasteiger partial charge in [0.15, 0.2) is 0 Å². The van der Waals surface area contributed by atoms with Gasteiger partial charge in [-0.25, -0.2) is 0 Å². The SMILES string of the molecule is Cc1nn(CC(C)C)c(C)c1CC(=O)Nc1cccc(N2CCN(CC3CC3)CC2)c1. The molecule has 0 atom stereocenters. The van der Waals surface area contributed by atoms with E-state index in [1.54, 1.807) is 0 Å². The number of hydrogen-bond donors (Lipinski definition) is 1. The Morgan fingerprint density at radius 2 is 1.90 bits per heavy atom. The van der Waals surface area contributed by atoms with Crippen LogP contribution in [0.2, 0.25) is 0 Å². The number of benzene rings is 1. The Balaban J connectivity index is 1.34. The first-order chi connectivity index (χ1) is 14.9. The largest absolute Gasteiger partial charge is 0.369 e. The summed E-state index contributed by atoms with van der Waals surface area (Å²) < 4.78 is 2.03. The average Bonchev–Trinajstić information content (AvgIpc) is 3.51. The molecule has 1 aromatic heterocycles. The van der Waals surface area contributed by atoms with Crippen LogP contribution >= 0.6 is 0 Å². The molecule has 1 aromatic carbocycles. The molecule has 2 aromatic rings. The van der Waals surface area contributed by atoms with E-state index < -0.39 is 0 Å². The first-order valence-corrected chi connectivity index (χ1v) is 11.8. The van der Waals surface area contributed by atoms with Crippen LogP contribution in [-0.2, 0) is 17.8 Å². The molecule has 1 N–H and O–H groups in total. The van der Waals surface area contributed by atoms with E-state index in [2.05, 4.69) is 53.1 Å². The Hall–Kier alpha value is -2.34. The van der Waals surface area contributed by atoms with Crippen molar-refractivity contribution in [1.82, 2.24) is 14.7 Å². The molecule has 2 fully saturated rings. The van der Waals surface area contributed by atoms with Gasteiger partial charge in [0, 0.05) is 61.9 Å². The zero-order chi connectivity index (χ0) is 22.0. The molecule has 6 heteroatoms. The van der Waals surface area contributed by atoms with Gasteiger partial charge in [-0.1, -0.05) is 19.9 Å². The fourth-order valence-corrected chi connectivity index (χ4v) is 4.51. The maximum Gasteiger partial charge on any atom is 0.228 e. The standard InChI is InChI=1S/C25H37N5O/c1-18(2)16-30-20(4)24(19(3)27-30)15-25(31)26-22-6-5-7-23(14-22)29-12-10-28(11-13-29)17-21-8-9-21/h5-7,14,18,21H,8-13,15-17H2,1-4H3,(H,26,31). The van der Waals surface area contributed by atoms with Crippen molar-refractivity contribution in [2.24, 2.45) is 11.8 Å². The van der Waals surface area contributed by atoms with E-state index >= 15 is 0 Å². The van der Waals surface area contributed by atoms with Crippen LogP contribution in [0.3, 0.4) is 0 Å². The first-order valence-electron chi connectivity index (χ1n) is 11.8. The van der Waals surface area contributed by atoms with E-state index in [1.165, 1.54) is 25.1 Å². The van der Waals surface area contributed by atoms with Crippen LogP contribution in [0.5, 0.6) is 0 Å². The molecule has 1 amide bonds. The van der Waals surface area contributed by atoms with Crippen LogP contribution in [0.15, 0.2) is 24.3 Å². The third kappa shape index (κ3) is 5.67. The van der Waals surface area contributed by atoms with Crippen LogP contribution < -0.4 is 10.2 Å². The highest BCUT2D eigenvalue weighted by atomic mass is 16.1. The van der Waals surface area contributed by atoms with Gasteiger partial charge in [-0.15, -0.1) is 0 Å². The number of nitrogens with zero attached hydrogens (tertiary/aromatic N) is 4. The summed E-state index contributed by atoms with van der Waals surface area (Å²) in [5.41, 5.74) is 5.15. The molecule has 1 aliphatic carbocycles. The number of aryl methyl sites for hydroxylation is 1. The number of carbonyl (C=O) groups is 1. The lowest BCUT2D eigenvalue weighted by Gasteiger charge is -2.36. The summed E-state index contributed by atoms with van der Waals surface area (Å²) in [7, 11) is 0. The van der Waals surface area contributed by atoms with E-state index in [0.29, 0.717) is 12.3 Å². The molecule has 0 unspecified atom stereocenters. The maximum atomic E-state index is 12.8. The van der Waals surface area contributed by atoms with E-state index in [0.717, 1.165) is 61.3 Å². The second kappa shape index (κ2) is 9.43. The molecule has 0 spiro atoms. The molecule has 1 saturated heterocycles. The molecule has 2 aliphatic rings. The Morgan fingerprint density at radius 1 is 1.16 bits per heavy atom. The zero-order valence-corrected chi connectivity index (χ0v) is 19.5. The van der Waals surface area contributed by atoms with Crippen LogP contribution in [-0.4, -0.2) is 53.3 Å². The van der Waals surface area contributed by atoms with E-state index in [1.807, 2.05) is 23.7 Å². The first kappa shape index (κ1) is 21.9. The molecule has 0 radical (unpaired) electrons. The number of aromatic nitrogens is 2. The summed E-state index contributed by atoms with van der Waals surface area (Å²) in [6.45, 7) is 14.9. The number of anilines is 2. The number of rotatable bonds is 8. The predicted octanol–water partition coefficient (Wildman–Crippen LogP) is 3.87. The van der Waals surface area contributed by atoms with E-state index in [9.17, 15) is 4.79 Å². The molecule has 0 bridgehead atoms. The Morgan fingerprint density at radius 3 is 2.58 bits per heavy atom. The lowest BCUT2D eigenvalue weighted by Crippen LogP contribution is -2.47. The number of piperazine rings is 1. The normalized spacial score (nSPS) is 17.4. The third-order valence-electron chi connectivity index (χ3n) is 6.49. The maximum absolute atomic E-state index is 12.8. The molecule has 31 heavy (non-hydrogen) atoms. The van der Waals surface area contributed by atoms with Crippen LogP contribution in [0.4, 0.5) is 11.4 Å². The Bertz CT molecular complexity index is 907. The van der Waals surface area contributed by atoms with Crippen LogP contribution in [0.1, 0.15) is 43.6 Å². The minimum Gasteiger partial charge on any atom is -0.369 e. The molecular weight excluding hydrogens is 386 g/mol. The summed E-state index contributed by atoms with van der Waals surface area (Å²) in [4.78, 5) is 17.8. The topological polar surface area (TPSA) is 53.4 Å². The van der Waals surface area contributed by atoms with Crippen molar-refractivity contribution in [3.63, 3.8) is 0 Å². The molecular formula is C25H37N5O. The number of hydrogen-bond acceptors (Lipinski definition) is 4. The molecule has 1 aliphatic heterocycles. The van der Waals surface area contributed by atoms with Crippen LogP contribution in [0, 0.1) is 25.7 Å². The van der Waals surface area contributed by atoms with E-state index in [-0.39, 0.29) is 5.91 Å². The zero-order valence-electron chi connectivity index (χ0n) is 19.5. The van der Waals surface area contributed by atoms with Crippen LogP contribution in [0.25, 0.3) is 0 Å². The van der Waals surface area contributed by atoms with Gasteiger partial charge in [0.1, 0.15) is 0 Å². The van der Waals surface area contributed by atoms with Gasteiger partial charge in [-0.05, 0) is 56.7 Å². The fraction of sp³-hybridized carbons (Fsp3) is 0.600. The lowest BCUT2D eigenvalue weighted by molar-refractivity contribution is -0.115. The van der Waals surface area contributed by atoms with Gasteiger partial charge >= 0.3 is 0 Å². The van der Waals surface area contributed by atoms with Gasteiger partial charge in [-0.3, -0.25) is 14.4 Å². The van der Waals surface area contributed by atoms with Crippen molar-refractivity contribution < 1.29 is 4.79 Å². The second-order valence-corrected chi connectivity index (χ2v) is 9.73. The van der Waals surface area contributed by atoms with Crippen molar-refractivity contribution in [2.45, 2.75) is 53.5 Å².